The number of hydrogen-bond acceptors (Lipinski definition) is 0. The second-order valence-corrected chi connectivity index (χ2v) is 9.04. The minimum atomic E-state index is 0. The van der Waals surface area contributed by atoms with Crippen molar-refractivity contribution in [2.24, 2.45) is 0 Å². The Kier molecular flexibility index (Phi) is 10.3. The van der Waals surface area contributed by atoms with Crippen LogP contribution in [0, 0.1) is 13.8 Å². The van der Waals surface area contributed by atoms with Crippen LogP contribution in [0.15, 0.2) is 48.5 Å². The summed E-state index contributed by atoms with van der Waals surface area (Å²) >= 11 is 0. The monoisotopic (exact) mass is 528 g/mol. The number of fused-ring (bicyclic) bond motifs is 2. The zero-order valence-corrected chi connectivity index (χ0v) is 23.4. The standard InChI is InChI=1S/C28H32.2ClH.Zr/c1-17(2)24-11-8-12-26-22(15-19(5)27(24)26)14-13-21-16-23-9-7-10-25(18(3)4)28(23)20(21)6;;;/h7-12,15-18H,13-14H2,1-6H3;2*1H;/q-2;;;+4/p-2. The molecule has 0 amide bonds. The van der Waals surface area contributed by atoms with Gasteiger partial charge in [0.15, 0.2) is 0 Å². The van der Waals surface area contributed by atoms with E-state index < -0.39 is 0 Å². The van der Waals surface area contributed by atoms with E-state index in [1.807, 2.05) is 0 Å². The Morgan fingerprint density at radius 1 is 0.839 bits per heavy atom. The molecule has 0 fully saturated rings. The van der Waals surface area contributed by atoms with E-state index in [1.165, 1.54) is 54.9 Å². The number of benzene rings is 2. The van der Waals surface area contributed by atoms with Crippen LogP contribution in [0.3, 0.4) is 0 Å². The predicted molar refractivity (Wildman–Crippen MR) is 124 cm³/mol. The van der Waals surface area contributed by atoms with Crippen molar-refractivity contribution in [2.75, 3.05) is 0 Å². The van der Waals surface area contributed by atoms with Crippen molar-refractivity contribution in [3.05, 3.63) is 81.9 Å². The number of hydrogen-bond donors (Lipinski definition) is 0. The summed E-state index contributed by atoms with van der Waals surface area (Å²) in [7, 11) is 0. The van der Waals surface area contributed by atoms with Crippen LogP contribution in [0.25, 0.3) is 21.5 Å². The summed E-state index contributed by atoms with van der Waals surface area (Å²) in [6, 6.07) is 18.5. The van der Waals surface area contributed by atoms with E-state index in [4.69, 9.17) is 0 Å². The van der Waals surface area contributed by atoms with Crippen LogP contribution in [-0.2, 0) is 39.0 Å². The fourth-order valence-electron chi connectivity index (χ4n) is 4.99. The largest absolute Gasteiger partial charge is 4.00 e. The van der Waals surface area contributed by atoms with Gasteiger partial charge in [-0.1, -0.05) is 71.2 Å². The molecule has 162 valence electrons. The molecular formula is C28H32Cl2Zr. The number of rotatable bonds is 5. The molecule has 4 aromatic rings. The Labute approximate surface area is 219 Å². The van der Waals surface area contributed by atoms with E-state index in [1.54, 1.807) is 0 Å². The summed E-state index contributed by atoms with van der Waals surface area (Å²) in [6.07, 6.45) is 2.22. The molecule has 0 saturated heterocycles. The average Bonchev–Trinajstić information content (AvgIpc) is 3.17. The van der Waals surface area contributed by atoms with Crippen molar-refractivity contribution >= 4 is 21.5 Å². The second-order valence-electron chi connectivity index (χ2n) is 9.04. The molecule has 0 aliphatic rings. The van der Waals surface area contributed by atoms with E-state index in [9.17, 15) is 0 Å². The van der Waals surface area contributed by atoms with Gasteiger partial charge < -0.3 is 24.8 Å². The van der Waals surface area contributed by atoms with Gasteiger partial charge in [0.05, 0.1) is 0 Å². The van der Waals surface area contributed by atoms with Gasteiger partial charge in [-0.3, -0.25) is 0 Å². The van der Waals surface area contributed by atoms with E-state index in [0.29, 0.717) is 11.8 Å². The number of aryl methyl sites for hydroxylation is 4. The Balaban J connectivity index is 0.00000160. The SMILES string of the molecule is Cc1c(CC[c-]2cc(C)c3c(C(C)C)cccc32)[cH-]c2cccc(C(C)C)c12.[Cl-].[Cl-].[Zr+4]. The summed E-state index contributed by atoms with van der Waals surface area (Å²) in [4.78, 5) is 0. The van der Waals surface area contributed by atoms with E-state index in [-0.39, 0.29) is 51.0 Å². The van der Waals surface area contributed by atoms with Crippen molar-refractivity contribution in [1.29, 1.82) is 0 Å². The van der Waals surface area contributed by atoms with E-state index in [0.717, 1.165) is 12.8 Å². The molecule has 0 aromatic heterocycles. The van der Waals surface area contributed by atoms with Crippen LogP contribution >= 0.6 is 0 Å². The normalized spacial score (nSPS) is 11.0. The minimum Gasteiger partial charge on any atom is -1.00 e. The molecule has 4 rings (SSSR count). The molecule has 0 heterocycles. The van der Waals surface area contributed by atoms with Crippen LogP contribution in [0.1, 0.15) is 72.9 Å². The van der Waals surface area contributed by atoms with Crippen molar-refractivity contribution in [3.8, 4) is 0 Å². The van der Waals surface area contributed by atoms with Gasteiger partial charge in [-0.15, -0.1) is 69.1 Å². The summed E-state index contributed by atoms with van der Waals surface area (Å²) in [5, 5.41) is 5.83. The molecule has 31 heavy (non-hydrogen) atoms. The molecule has 0 saturated carbocycles. The first-order valence-corrected chi connectivity index (χ1v) is 10.7. The molecule has 0 unspecified atom stereocenters. The first-order chi connectivity index (χ1) is 13.4. The molecule has 0 radical (unpaired) electrons. The molecule has 0 nitrogen and oxygen atoms in total. The zero-order chi connectivity index (χ0) is 20.0. The Bertz CT molecular complexity index is 1140. The zero-order valence-electron chi connectivity index (χ0n) is 19.4. The maximum absolute atomic E-state index is 2.42. The molecule has 3 heteroatoms. The van der Waals surface area contributed by atoms with Crippen molar-refractivity contribution < 1.29 is 51.0 Å². The third-order valence-electron chi connectivity index (χ3n) is 6.45. The molecule has 0 N–H and O–H groups in total. The quantitative estimate of drug-likeness (QED) is 0.347. The summed E-state index contributed by atoms with van der Waals surface area (Å²) < 4.78 is 0. The summed E-state index contributed by atoms with van der Waals surface area (Å²) in [5.41, 5.74) is 8.89. The van der Waals surface area contributed by atoms with Gasteiger partial charge in [-0.25, -0.2) is 0 Å². The molecule has 0 bridgehead atoms. The van der Waals surface area contributed by atoms with Gasteiger partial charge in [-0.05, 0) is 18.3 Å². The maximum Gasteiger partial charge on any atom is 4.00 e. The molecular weight excluding hydrogens is 498 g/mol. The maximum atomic E-state index is 2.42. The second kappa shape index (κ2) is 11.3. The minimum absolute atomic E-state index is 0. The van der Waals surface area contributed by atoms with Gasteiger partial charge >= 0.3 is 26.2 Å². The van der Waals surface area contributed by atoms with Gasteiger partial charge in [0.2, 0.25) is 0 Å². The summed E-state index contributed by atoms with van der Waals surface area (Å²) in [5.74, 6) is 1.13. The predicted octanol–water partition coefficient (Wildman–Crippen LogP) is 2.09. The molecule has 0 aliphatic heterocycles. The number of halogens is 2. The van der Waals surface area contributed by atoms with E-state index in [2.05, 4.69) is 90.1 Å². The molecule has 0 spiro atoms. The Morgan fingerprint density at radius 2 is 1.42 bits per heavy atom. The fraction of sp³-hybridized carbons (Fsp3) is 0.357. The van der Waals surface area contributed by atoms with Crippen molar-refractivity contribution in [1.82, 2.24) is 0 Å². The topological polar surface area (TPSA) is 0 Å². The van der Waals surface area contributed by atoms with Gasteiger partial charge in [0, 0.05) is 0 Å². The summed E-state index contributed by atoms with van der Waals surface area (Å²) in [6.45, 7) is 13.8. The van der Waals surface area contributed by atoms with Crippen LogP contribution < -0.4 is 24.8 Å². The van der Waals surface area contributed by atoms with Crippen molar-refractivity contribution in [3.63, 3.8) is 0 Å². The van der Waals surface area contributed by atoms with Gasteiger partial charge in [-0.2, -0.15) is 11.1 Å². The smallest absolute Gasteiger partial charge is 1.00 e. The fourth-order valence-corrected chi connectivity index (χ4v) is 4.99. The molecule has 0 atom stereocenters. The van der Waals surface area contributed by atoms with Crippen LogP contribution in [-0.4, -0.2) is 0 Å². The van der Waals surface area contributed by atoms with Crippen LogP contribution in [0.5, 0.6) is 0 Å². The van der Waals surface area contributed by atoms with Crippen LogP contribution in [0.4, 0.5) is 0 Å². The third kappa shape index (κ3) is 5.21. The molecule has 0 aliphatic carbocycles. The first-order valence-electron chi connectivity index (χ1n) is 10.7. The average molecular weight is 531 g/mol. The van der Waals surface area contributed by atoms with Crippen LogP contribution in [0.2, 0.25) is 0 Å². The third-order valence-corrected chi connectivity index (χ3v) is 6.45. The van der Waals surface area contributed by atoms with E-state index >= 15 is 0 Å². The first kappa shape index (κ1) is 28.2. The van der Waals surface area contributed by atoms with Gasteiger partial charge in [0.1, 0.15) is 0 Å². The van der Waals surface area contributed by atoms with Crippen molar-refractivity contribution in [2.45, 2.75) is 66.2 Å². The van der Waals surface area contributed by atoms with Gasteiger partial charge in [0.25, 0.3) is 0 Å². The molecule has 4 aromatic carbocycles. The Morgan fingerprint density at radius 3 is 2.03 bits per heavy atom. The Hall–Kier alpha value is -0.877.